The van der Waals surface area contributed by atoms with Crippen molar-refractivity contribution in [1.29, 1.82) is 0 Å². The molecule has 1 aliphatic rings. The zero-order chi connectivity index (χ0) is 21.6. The fourth-order valence-corrected chi connectivity index (χ4v) is 4.15. The summed E-state index contributed by atoms with van der Waals surface area (Å²) in [6.45, 7) is 2.54. The lowest BCUT2D eigenvalue weighted by Crippen LogP contribution is -2.37. The molecule has 1 N–H and O–H groups in total. The Labute approximate surface area is 186 Å². The third kappa shape index (κ3) is 5.68. The van der Waals surface area contributed by atoms with E-state index in [9.17, 15) is 9.18 Å². The number of likely N-dealkylation sites (tertiary alicyclic amines) is 1. The highest BCUT2D eigenvalue weighted by Gasteiger charge is 2.25. The van der Waals surface area contributed by atoms with Gasteiger partial charge in [-0.2, -0.15) is 0 Å². The van der Waals surface area contributed by atoms with Crippen LogP contribution in [0.15, 0.2) is 66.1 Å². The maximum atomic E-state index is 13.5. The van der Waals surface area contributed by atoms with Gasteiger partial charge in [0.15, 0.2) is 5.16 Å². The second-order valence-corrected chi connectivity index (χ2v) is 8.48. The highest BCUT2D eigenvalue weighted by molar-refractivity contribution is 7.98. The maximum Gasteiger partial charge on any atom is 0.227 e. The molecule has 2 aromatic carbocycles. The van der Waals surface area contributed by atoms with Crippen LogP contribution >= 0.6 is 11.8 Å². The predicted molar refractivity (Wildman–Crippen MR) is 122 cm³/mol. The summed E-state index contributed by atoms with van der Waals surface area (Å²) < 4.78 is 13.5. The molecule has 0 bridgehead atoms. The molecule has 31 heavy (non-hydrogen) atoms. The molecular formula is C24H25FN4OS. The van der Waals surface area contributed by atoms with Crippen molar-refractivity contribution in [3.63, 3.8) is 0 Å². The number of aromatic nitrogens is 2. The van der Waals surface area contributed by atoms with Gasteiger partial charge in [-0.05, 0) is 67.6 Å². The van der Waals surface area contributed by atoms with E-state index in [1.165, 1.54) is 23.9 Å². The Morgan fingerprint density at radius 3 is 2.45 bits per heavy atom. The third-order valence-electron chi connectivity index (χ3n) is 5.52. The Bertz CT molecular complexity index is 1040. The zero-order valence-electron chi connectivity index (χ0n) is 17.4. The van der Waals surface area contributed by atoms with E-state index < -0.39 is 0 Å². The number of carbonyl (C=O) groups excluding carboxylic acids is 1. The Morgan fingerprint density at radius 1 is 1.10 bits per heavy atom. The first-order valence-electron chi connectivity index (χ1n) is 10.3. The van der Waals surface area contributed by atoms with E-state index in [1.807, 2.05) is 49.0 Å². The number of amides is 1. The fraction of sp³-hybridized carbons (Fsp3) is 0.292. The van der Waals surface area contributed by atoms with Crippen LogP contribution in [0.3, 0.4) is 0 Å². The first-order valence-corrected chi connectivity index (χ1v) is 11.6. The van der Waals surface area contributed by atoms with Gasteiger partial charge in [-0.15, -0.1) is 0 Å². The van der Waals surface area contributed by atoms with Gasteiger partial charge in [0.25, 0.3) is 0 Å². The largest absolute Gasteiger partial charge is 0.326 e. The lowest BCUT2D eigenvalue weighted by molar-refractivity contribution is -0.121. The summed E-state index contributed by atoms with van der Waals surface area (Å²) in [5.41, 5.74) is 3.50. The summed E-state index contributed by atoms with van der Waals surface area (Å²) in [6.07, 6.45) is 7.35. The number of hydrogen-bond acceptors (Lipinski definition) is 5. The van der Waals surface area contributed by atoms with Gasteiger partial charge in [0, 0.05) is 36.1 Å². The van der Waals surface area contributed by atoms with Gasteiger partial charge in [-0.1, -0.05) is 36.0 Å². The van der Waals surface area contributed by atoms with Crippen LogP contribution in [-0.2, 0) is 11.3 Å². The second-order valence-electron chi connectivity index (χ2n) is 7.71. The van der Waals surface area contributed by atoms with Gasteiger partial charge in [0.1, 0.15) is 5.82 Å². The van der Waals surface area contributed by atoms with Gasteiger partial charge in [-0.3, -0.25) is 9.69 Å². The lowest BCUT2D eigenvalue weighted by atomic mass is 9.95. The molecule has 1 fully saturated rings. The second kappa shape index (κ2) is 10.0. The monoisotopic (exact) mass is 436 g/mol. The minimum atomic E-state index is -0.273. The summed E-state index contributed by atoms with van der Waals surface area (Å²) in [5, 5.41) is 3.82. The van der Waals surface area contributed by atoms with Crippen LogP contribution in [0.5, 0.6) is 0 Å². The van der Waals surface area contributed by atoms with E-state index in [1.54, 1.807) is 6.07 Å². The van der Waals surface area contributed by atoms with Crippen LogP contribution in [0.1, 0.15) is 18.4 Å². The summed E-state index contributed by atoms with van der Waals surface area (Å²) in [7, 11) is 0. The van der Waals surface area contributed by atoms with E-state index in [0.717, 1.165) is 60.0 Å². The predicted octanol–water partition coefficient (Wildman–Crippen LogP) is 4.86. The SMILES string of the molecule is CSc1ncc(CN2CCC(C(=O)Nc3cccc(-c4cccc(F)c4)c3)CC2)cn1. The molecule has 7 heteroatoms. The number of piperidine rings is 1. The molecule has 4 rings (SSSR count). The molecule has 160 valence electrons. The topological polar surface area (TPSA) is 58.1 Å². The fourth-order valence-electron chi connectivity index (χ4n) is 3.83. The molecule has 5 nitrogen and oxygen atoms in total. The van der Waals surface area contributed by atoms with Crippen LogP contribution in [0.4, 0.5) is 10.1 Å². The van der Waals surface area contributed by atoms with Crippen molar-refractivity contribution in [3.8, 4) is 11.1 Å². The molecule has 2 heterocycles. The van der Waals surface area contributed by atoms with Gasteiger partial charge in [0.05, 0.1) is 0 Å². The van der Waals surface area contributed by atoms with Crippen LogP contribution in [-0.4, -0.2) is 40.1 Å². The van der Waals surface area contributed by atoms with Crippen LogP contribution in [0.2, 0.25) is 0 Å². The van der Waals surface area contributed by atoms with Gasteiger partial charge >= 0.3 is 0 Å². The van der Waals surface area contributed by atoms with Crippen molar-refractivity contribution in [2.45, 2.75) is 24.5 Å². The molecule has 0 atom stereocenters. The van der Waals surface area contributed by atoms with Crippen LogP contribution in [0.25, 0.3) is 11.1 Å². The van der Waals surface area contributed by atoms with E-state index in [0.29, 0.717) is 0 Å². The summed E-state index contributed by atoms with van der Waals surface area (Å²) in [5.74, 6) is -0.238. The first-order chi connectivity index (χ1) is 15.1. The van der Waals surface area contributed by atoms with Crippen LogP contribution < -0.4 is 5.32 Å². The van der Waals surface area contributed by atoms with Crippen molar-refractivity contribution >= 4 is 23.4 Å². The van der Waals surface area contributed by atoms with Gasteiger partial charge in [-0.25, -0.2) is 14.4 Å². The number of nitrogens with one attached hydrogen (secondary N) is 1. The van der Waals surface area contributed by atoms with Crippen molar-refractivity contribution in [3.05, 3.63) is 72.3 Å². The molecule has 0 aliphatic carbocycles. The summed E-state index contributed by atoms with van der Waals surface area (Å²) in [6, 6.07) is 14.0. The number of halogens is 1. The summed E-state index contributed by atoms with van der Waals surface area (Å²) in [4.78, 5) is 23.8. The minimum absolute atomic E-state index is 0.0100. The number of carbonyl (C=O) groups is 1. The Morgan fingerprint density at radius 2 is 1.77 bits per heavy atom. The minimum Gasteiger partial charge on any atom is -0.326 e. The number of rotatable bonds is 6. The molecule has 0 saturated carbocycles. The Hall–Kier alpha value is -2.77. The third-order valence-corrected chi connectivity index (χ3v) is 6.09. The van der Waals surface area contributed by atoms with E-state index in [-0.39, 0.29) is 17.6 Å². The highest BCUT2D eigenvalue weighted by Crippen LogP contribution is 2.25. The number of benzene rings is 2. The highest BCUT2D eigenvalue weighted by atomic mass is 32.2. The van der Waals surface area contributed by atoms with Crippen LogP contribution in [0, 0.1) is 11.7 Å². The number of anilines is 1. The zero-order valence-corrected chi connectivity index (χ0v) is 18.2. The molecule has 3 aromatic rings. The molecule has 1 aliphatic heterocycles. The van der Waals surface area contributed by atoms with Crippen molar-refractivity contribution < 1.29 is 9.18 Å². The molecule has 0 spiro atoms. The first kappa shape index (κ1) is 21.5. The Kier molecular flexibility index (Phi) is 6.94. The van der Waals surface area contributed by atoms with E-state index >= 15 is 0 Å². The maximum absolute atomic E-state index is 13.5. The summed E-state index contributed by atoms with van der Waals surface area (Å²) >= 11 is 1.53. The molecular weight excluding hydrogens is 411 g/mol. The van der Waals surface area contributed by atoms with E-state index in [4.69, 9.17) is 0 Å². The number of hydrogen-bond donors (Lipinski definition) is 1. The van der Waals surface area contributed by atoms with Crippen molar-refractivity contribution in [2.75, 3.05) is 24.7 Å². The lowest BCUT2D eigenvalue weighted by Gasteiger charge is -2.31. The van der Waals surface area contributed by atoms with Crippen molar-refractivity contribution in [2.24, 2.45) is 5.92 Å². The van der Waals surface area contributed by atoms with Gasteiger partial charge in [0.2, 0.25) is 5.91 Å². The normalized spacial score (nSPS) is 15.0. The smallest absolute Gasteiger partial charge is 0.227 e. The van der Waals surface area contributed by atoms with E-state index in [2.05, 4.69) is 20.2 Å². The quantitative estimate of drug-likeness (QED) is 0.442. The van der Waals surface area contributed by atoms with Gasteiger partial charge < -0.3 is 5.32 Å². The number of thioether (sulfide) groups is 1. The molecule has 1 saturated heterocycles. The molecule has 0 unspecified atom stereocenters. The average Bonchev–Trinajstić information content (AvgIpc) is 2.80. The Balaban J connectivity index is 1.31. The standard InChI is InChI=1S/C24H25FN4OS/c1-31-24-26-14-17(15-27-24)16-29-10-8-18(9-11-29)23(30)28-22-7-3-5-20(13-22)19-4-2-6-21(25)12-19/h2-7,12-15,18H,8-11,16H2,1H3,(H,28,30). The average molecular weight is 437 g/mol. The van der Waals surface area contributed by atoms with Crippen molar-refractivity contribution in [1.82, 2.24) is 14.9 Å². The number of nitrogens with zero attached hydrogens (tertiary/aromatic N) is 3. The molecule has 1 amide bonds. The molecule has 0 radical (unpaired) electrons. The molecule has 1 aromatic heterocycles.